The van der Waals surface area contributed by atoms with Crippen molar-refractivity contribution in [3.63, 3.8) is 0 Å². The Kier molecular flexibility index (Phi) is 12.9. The molecule has 0 amide bonds. The van der Waals surface area contributed by atoms with Gasteiger partial charge in [0.1, 0.15) is 11.6 Å². The Morgan fingerprint density at radius 3 is 1.78 bits per heavy atom. The minimum atomic E-state index is -2.51. The van der Waals surface area contributed by atoms with E-state index in [1.807, 2.05) is 92.8 Å². The number of rotatable bonds is 8. The van der Waals surface area contributed by atoms with Gasteiger partial charge in [0.15, 0.2) is 0 Å². The van der Waals surface area contributed by atoms with Gasteiger partial charge in [-0.3, -0.25) is 9.55 Å². The molecular formula is C68H72N3OPt-. The minimum absolute atomic E-state index is 0. The van der Waals surface area contributed by atoms with Crippen LogP contribution in [0.2, 0.25) is 0 Å². The average molecular weight is 1150 g/mol. The predicted octanol–water partition coefficient (Wildman–Crippen LogP) is 18.5. The number of phenolic OH excluding ortho intramolecular Hbond substituents is 1. The number of hydrogen-bond acceptors (Lipinski definition) is 3. The third kappa shape index (κ3) is 10.7. The van der Waals surface area contributed by atoms with Crippen LogP contribution < -0.4 is 0 Å². The van der Waals surface area contributed by atoms with Gasteiger partial charge in [0.2, 0.25) is 0 Å². The Labute approximate surface area is 455 Å². The molecule has 0 spiro atoms. The zero-order valence-corrected chi connectivity index (χ0v) is 47.3. The number of imidazole rings is 1. The average Bonchev–Trinajstić information content (AvgIpc) is 3.74. The molecule has 0 radical (unpaired) electrons. The van der Waals surface area contributed by atoms with Gasteiger partial charge in [-0.25, -0.2) is 4.98 Å². The summed E-state index contributed by atoms with van der Waals surface area (Å²) in [6.07, 6.45) is 1.84. The van der Waals surface area contributed by atoms with E-state index in [0.717, 1.165) is 83.5 Å². The molecule has 2 heterocycles. The van der Waals surface area contributed by atoms with E-state index >= 15 is 0 Å². The van der Waals surface area contributed by atoms with Crippen molar-refractivity contribution >= 4 is 11.0 Å². The third-order valence-electron chi connectivity index (χ3n) is 14.1. The summed E-state index contributed by atoms with van der Waals surface area (Å²) in [6, 6.07) is 53.1. The van der Waals surface area contributed by atoms with E-state index in [0.29, 0.717) is 28.2 Å². The molecule has 2 aromatic heterocycles. The van der Waals surface area contributed by atoms with Crippen molar-refractivity contribution in [1.82, 2.24) is 14.5 Å². The number of aromatic hydroxyl groups is 1. The van der Waals surface area contributed by atoms with Gasteiger partial charge < -0.3 is 5.11 Å². The first kappa shape index (κ1) is 47.6. The first-order chi connectivity index (χ1) is 35.4. The molecule has 5 heteroatoms. The first-order valence-electron chi connectivity index (χ1n) is 27.3. The monoisotopic (exact) mass is 1150 g/mol. The summed E-state index contributed by atoms with van der Waals surface area (Å²) in [5.74, 6) is -0.103. The molecule has 9 aromatic rings. The van der Waals surface area contributed by atoms with Crippen LogP contribution in [0.15, 0.2) is 152 Å². The molecule has 0 saturated carbocycles. The molecule has 0 fully saturated rings. The Balaban J connectivity index is 0.00000784. The van der Waals surface area contributed by atoms with Gasteiger partial charge in [-0.05, 0) is 115 Å². The number of phenols is 1. The molecule has 0 bridgehead atoms. The fourth-order valence-electron chi connectivity index (χ4n) is 9.60. The molecule has 1 N–H and O–H groups in total. The number of pyridine rings is 1. The van der Waals surface area contributed by atoms with Crippen LogP contribution in [-0.2, 0) is 42.7 Å². The summed E-state index contributed by atoms with van der Waals surface area (Å²) in [4.78, 5) is 10.6. The Hall–Kier alpha value is -6.35. The van der Waals surface area contributed by atoms with Crippen LogP contribution >= 0.6 is 0 Å². The second-order valence-corrected chi connectivity index (χ2v) is 23.9. The third-order valence-corrected chi connectivity index (χ3v) is 14.1. The van der Waals surface area contributed by atoms with Crippen LogP contribution in [0.5, 0.6) is 5.75 Å². The predicted molar refractivity (Wildman–Crippen MR) is 306 cm³/mol. The Morgan fingerprint density at radius 1 is 0.548 bits per heavy atom. The van der Waals surface area contributed by atoms with E-state index in [-0.39, 0.29) is 48.6 Å². The first-order valence-corrected chi connectivity index (χ1v) is 25.3. The van der Waals surface area contributed by atoms with Crippen LogP contribution in [0.1, 0.15) is 142 Å². The van der Waals surface area contributed by atoms with Crippen LogP contribution in [0.4, 0.5) is 0 Å². The molecule has 0 atom stereocenters. The number of para-hydroxylation sites is 1. The topological polar surface area (TPSA) is 50.9 Å². The smallest absolute Gasteiger partial charge is 0.148 e. The summed E-state index contributed by atoms with van der Waals surface area (Å²) >= 11 is 0. The fraction of sp³-hybridized carbons (Fsp3) is 0.294. The van der Waals surface area contributed by atoms with Crippen LogP contribution in [-0.4, -0.2) is 19.6 Å². The van der Waals surface area contributed by atoms with Crippen LogP contribution in [0, 0.1) is 12.9 Å². The van der Waals surface area contributed by atoms with E-state index in [4.69, 9.17) is 15.5 Å². The van der Waals surface area contributed by atoms with E-state index in [1.54, 1.807) is 0 Å². The van der Waals surface area contributed by atoms with Gasteiger partial charge in [-0.2, -0.15) is 0 Å². The van der Waals surface area contributed by atoms with Crippen molar-refractivity contribution in [2.45, 2.75) is 131 Å². The zero-order chi connectivity index (χ0) is 55.1. The normalized spacial score (nSPS) is 13.5. The number of fused-ring (bicyclic) bond motifs is 1. The maximum absolute atomic E-state index is 12.8. The molecule has 73 heavy (non-hydrogen) atoms. The van der Waals surface area contributed by atoms with Gasteiger partial charge in [0.25, 0.3) is 0 Å². The summed E-state index contributed by atoms with van der Waals surface area (Å²) in [5.41, 5.74) is 15.1. The zero-order valence-electron chi connectivity index (χ0n) is 49.0. The number of aromatic nitrogens is 3. The summed E-state index contributed by atoms with van der Waals surface area (Å²) < 4.78 is 38.1. The van der Waals surface area contributed by atoms with Gasteiger partial charge >= 0.3 is 0 Å². The molecule has 0 aliphatic carbocycles. The second kappa shape index (κ2) is 19.8. The number of hydrogen-bond donors (Lipinski definition) is 1. The van der Waals surface area contributed by atoms with E-state index < -0.39 is 18.2 Å². The number of benzene rings is 7. The Morgan fingerprint density at radius 2 is 1.16 bits per heavy atom. The molecule has 4 nitrogen and oxygen atoms in total. The van der Waals surface area contributed by atoms with E-state index in [1.165, 1.54) is 0 Å². The summed E-state index contributed by atoms with van der Waals surface area (Å²) in [7, 11) is 0. The van der Waals surface area contributed by atoms with Gasteiger partial charge in [0, 0.05) is 49.6 Å². The molecular weight excluding hydrogens is 1070 g/mol. The van der Waals surface area contributed by atoms with Crippen LogP contribution in [0.25, 0.3) is 83.9 Å². The van der Waals surface area contributed by atoms with Gasteiger partial charge in [-0.1, -0.05) is 211 Å². The van der Waals surface area contributed by atoms with Gasteiger partial charge in [-0.15, -0.1) is 29.3 Å². The standard InChI is InChI=1S/C68H72N3O.Pt/c1-42(2)44-24-26-45(27-25-44)48-32-33-69-59(38-48)50-35-49(36-52(37-50)66(7,8)9)54-22-19-23-60-62(54)70-64(57-39-53(67(10,11)12)40-58(63(57)72)68(13,14)15)71(60)61-34-43(3)55(41-56(61)46-20-17-16-18-21-46)47-28-30-51(31-29-47)65(4,5)6;/h16-34,36-42,72H,1-15H3;/q-1;/i3D3,42D;. The van der Waals surface area contributed by atoms with Crippen molar-refractivity contribution in [2.24, 2.45) is 0 Å². The molecule has 376 valence electrons. The van der Waals surface area contributed by atoms with Crippen molar-refractivity contribution < 1.29 is 31.7 Å². The van der Waals surface area contributed by atoms with Crippen molar-refractivity contribution in [2.75, 3.05) is 0 Å². The largest absolute Gasteiger partial charge is 0.507 e. The summed E-state index contributed by atoms with van der Waals surface area (Å²) in [5, 5.41) is 12.8. The van der Waals surface area contributed by atoms with Crippen molar-refractivity contribution in [3.8, 4) is 78.6 Å². The molecule has 0 aliphatic heterocycles. The molecule has 9 rings (SSSR count). The number of nitrogens with zero attached hydrogens (tertiary/aromatic N) is 3. The number of aryl methyl sites for hydroxylation is 1. The fourth-order valence-corrected chi connectivity index (χ4v) is 9.60. The van der Waals surface area contributed by atoms with Crippen molar-refractivity contribution in [1.29, 1.82) is 0 Å². The molecule has 0 aliphatic rings. The second-order valence-electron chi connectivity index (χ2n) is 23.9. The maximum atomic E-state index is 12.8. The molecule has 0 unspecified atom stereocenters. The quantitative estimate of drug-likeness (QED) is 0.154. The van der Waals surface area contributed by atoms with E-state index in [2.05, 4.69) is 167 Å². The SMILES string of the molecule is [2H]C([2H])([2H])c1cc(-n2c(-c3cc(C(C)(C)C)cc(C(C)(C)C)c3O)nc3c(-c4[c-]c(-c5cc(-c6ccc(C([2H])(C)C)cc6)ccn5)cc(C(C)(C)C)c4)cccc32)c(-c2ccccc2)cc1-c1ccc(C(C)(C)C)cc1.[Pt]. The maximum Gasteiger partial charge on any atom is 0.148 e. The summed E-state index contributed by atoms with van der Waals surface area (Å²) in [6.45, 7) is 27.3. The molecule has 0 saturated heterocycles. The Bertz CT molecular complexity index is 3630. The van der Waals surface area contributed by atoms with Gasteiger partial charge in [0.05, 0.1) is 22.3 Å². The molecule has 7 aromatic carbocycles. The minimum Gasteiger partial charge on any atom is -0.507 e. The van der Waals surface area contributed by atoms with E-state index in [9.17, 15) is 5.11 Å². The van der Waals surface area contributed by atoms with Crippen molar-refractivity contribution in [3.05, 3.63) is 191 Å². The van der Waals surface area contributed by atoms with Crippen LogP contribution in [0.3, 0.4) is 0 Å².